The van der Waals surface area contributed by atoms with Crippen molar-refractivity contribution in [3.63, 3.8) is 0 Å². The number of hydrogen-bond donors (Lipinski definition) is 0. The molecule has 21 heavy (non-hydrogen) atoms. The lowest BCUT2D eigenvalue weighted by Gasteiger charge is -2.36. The predicted molar refractivity (Wildman–Crippen MR) is 85.0 cm³/mol. The molecule has 1 aromatic heterocycles. The van der Waals surface area contributed by atoms with E-state index < -0.39 is 0 Å². The number of halogens is 1. The first kappa shape index (κ1) is 14.0. The Labute approximate surface area is 129 Å². The first-order chi connectivity index (χ1) is 10.1. The van der Waals surface area contributed by atoms with Crippen molar-refractivity contribution >= 4 is 23.2 Å². The fourth-order valence-corrected chi connectivity index (χ4v) is 2.87. The maximum Gasteiger partial charge on any atom is 0.270 e. The molecule has 5 heteroatoms. The predicted octanol–water partition coefficient (Wildman–Crippen LogP) is 2.64. The Morgan fingerprint density at radius 2 is 1.86 bits per heavy atom. The molecule has 1 aliphatic heterocycles. The lowest BCUT2D eigenvalue weighted by Crippen LogP contribution is -2.49. The molecule has 0 aliphatic carbocycles. The van der Waals surface area contributed by atoms with Gasteiger partial charge in [0.2, 0.25) is 0 Å². The first-order valence-corrected chi connectivity index (χ1v) is 7.44. The van der Waals surface area contributed by atoms with Crippen molar-refractivity contribution in [2.75, 3.05) is 31.1 Å². The van der Waals surface area contributed by atoms with Crippen LogP contribution in [-0.2, 0) is 7.05 Å². The van der Waals surface area contributed by atoms with Gasteiger partial charge in [0.15, 0.2) is 0 Å². The Bertz CT molecular complexity index is 644. The summed E-state index contributed by atoms with van der Waals surface area (Å²) >= 11 is 6.03. The summed E-state index contributed by atoms with van der Waals surface area (Å²) in [5.41, 5.74) is 1.86. The zero-order chi connectivity index (χ0) is 14.8. The van der Waals surface area contributed by atoms with Crippen molar-refractivity contribution in [2.45, 2.75) is 0 Å². The largest absolute Gasteiger partial charge is 0.368 e. The molecule has 0 atom stereocenters. The number of aromatic nitrogens is 1. The average molecular weight is 304 g/mol. The Balaban J connectivity index is 1.65. The van der Waals surface area contributed by atoms with Crippen LogP contribution in [0.2, 0.25) is 5.02 Å². The average Bonchev–Trinajstić information content (AvgIpc) is 2.93. The highest BCUT2D eigenvalue weighted by Gasteiger charge is 2.23. The van der Waals surface area contributed by atoms with Crippen LogP contribution in [0.25, 0.3) is 0 Å². The van der Waals surface area contributed by atoms with E-state index in [4.69, 9.17) is 11.6 Å². The molecule has 1 amide bonds. The van der Waals surface area contributed by atoms with Crippen LogP contribution >= 0.6 is 11.6 Å². The van der Waals surface area contributed by atoms with Crippen LogP contribution in [0.3, 0.4) is 0 Å². The number of carbonyl (C=O) groups excluding carboxylic acids is 1. The van der Waals surface area contributed by atoms with Crippen LogP contribution in [0.15, 0.2) is 42.6 Å². The summed E-state index contributed by atoms with van der Waals surface area (Å²) in [5.74, 6) is 0.105. The molecule has 0 radical (unpaired) electrons. The fraction of sp³-hybridized carbons (Fsp3) is 0.312. The van der Waals surface area contributed by atoms with Gasteiger partial charge in [0.05, 0.1) is 0 Å². The van der Waals surface area contributed by atoms with Gasteiger partial charge in [-0.25, -0.2) is 0 Å². The van der Waals surface area contributed by atoms with Crippen molar-refractivity contribution in [1.29, 1.82) is 0 Å². The van der Waals surface area contributed by atoms with Crippen LogP contribution in [0, 0.1) is 0 Å². The van der Waals surface area contributed by atoms with E-state index in [9.17, 15) is 4.79 Å². The third-order valence-corrected chi connectivity index (χ3v) is 4.14. The second-order valence-corrected chi connectivity index (χ2v) is 5.70. The number of hydrogen-bond acceptors (Lipinski definition) is 2. The first-order valence-electron chi connectivity index (χ1n) is 7.06. The number of anilines is 1. The van der Waals surface area contributed by atoms with Gasteiger partial charge in [0.25, 0.3) is 5.91 Å². The third kappa shape index (κ3) is 2.90. The minimum absolute atomic E-state index is 0.105. The van der Waals surface area contributed by atoms with Crippen LogP contribution in [0.4, 0.5) is 5.69 Å². The number of nitrogens with zero attached hydrogens (tertiary/aromatic N) is 3. The van der Waals surface area contributed by atoms with E-state index >= 15 is 0 Å². The second kappa shape index (κ2) is 5.82. The zero-order valence-corrected chi connectivity index (χ0v) is 12.8. The Morgan fingerprint density at radius 3 is 2.48 bits per heavy atom. The maximum absolute atomic E-state index is 12.4. The number of piperazine rings is 1. The van der Waals surface area contributed by atoms with E-state index in [0.29, 0.717) is 0 Å². The smallest absolute Gasteiger partial charge is 0.270 e. The highest BCUT2D eigenvalue weighted by atomic mass is 35.5. The number of aryl methyl sites for hydroxylation is 1. The minimum Gasteiger partial charge on any atom is -0.368 e. The van der Waals surface area contributed by atoms with Crippen LogP contribution < -0.4 is 4.90 Å². The van der Waals surface area contributed by atoms with E-state index in [1.165, 1.54) is 0 Å². The van der Waals surface area contributed by atoms with Gasteiger partial charge in [-0.15, -0.1) is 0 Å². The van der Waals surface area contributed by atoms with Gasteiger partial charge in [-0.1, -0.05) is 17.7 Å². The van der Waals surface area contributed by atoms with Crippen LogP contribution in [-0.4, -0.2) is 41.6 Å². The van der Waals surface area contributed by atoms with Crippen molar-refractivity contribution < 1.29 is 4.79 Å². The monoisotopic (exact) mass is 303 g/mol. The topological polar surface area (TPSA) is 28.5 Å². The molecule has 0 N–H and O–H groups in total. The molecular weight excluding hydrogens is 286 g/mol. The molecule has 1 aromatic carbocycles. The molecule has 0 spiro atoms. The molecule has 0 unspecified atom stereocenters. The Morgan fingerprint density at radius 1 is 1.10 bits per heavy atom. The second-order valence-electron chi connectivity index (χ2n) is 5.26. The number of carbonyl (C=O) groups is 1. The van der Waals surface area contributed by atoms with Gasteiger partial charge in [-0.3, -0.25) is 4.79 Å². The van der Waals surface area contributed by atoms with Crippen molar-refractivity contribution in [3.05, 3.63) is 53.3 Å². The van der Waals surface area contributed by atoms with E-state index in [2.05, 4.69) is 11.0 Å². The van der Waals surface area contributed by atoms with E-state index in [1.54, 1.807) is 0 Å². The normalized spacial score (nSPS) is 15.3. The Kier molecular flexibility index (Phi) is 3.88. The molecule has 3 rings (SSSR count). The minimum atomic E-state index is 0.105. The summed E-state index contributed by atoms with van der Waals surface area (Å²) in [7, 11) is 1.90. The van der Waals surface area contributed by atoms with Crippen LogP contribution in [0.5, 0.6) is 0 Å². The standard InChI is InChI=1S/C16H18ClN3O/c1-18-7-3-6-15(18)16(21)20-10-8-19(9-11-20)14-5-2-4-13(17)12-14/h2-7,12H,8-11H2,1H3. The maximum atomic E-state index is 12.4. The molecule has 110 valence electrons. The quantitative estimate of drug-likeness (QED) is 0.853. The summed E-state index contributed by atoms with van der Waals surface area (Å²) < 4.78 is 1.87. The Hall–Kier alpha value is -1.94. The molecule has 2 heterocycles. The molecular formula is C16H18ClN3O. The lowest BCUT2D eigenvalue weighted by atomic mass is 10.2. The molecule has 4 nitrogen and oxygen atoms in total. The van der Waals surface area contributed by atoms with Gasteiger partial charge in [0.1, 0.15) is 5.69 Å². The third-order valence-electron chi connectivity index (χ3n) is 3.90. The number of benzene rings is 1. The van der Waals surface area contributed by atoms with E-state index in [0.717, 1.165) is 42.6 Å². The summed E-state index contributed by atoms with van der Waals surface area (Å²) in [6.45, 7) is 3.13. The van der Waals surface area contributed by atoms with Crippen molar-refractivity contribution in [1.82, 2.24) is 9.47 Å². The summed E-state index contributed by atoms with van der Waals surface area (Å²) in [6, 6.07) is 11.6. The zero-order valence-electron chi connectivity index (χ0n) is 12.0. The molecule has 1 fully saturated rings. The van der Waals surface area contributed by atoms with Gasteiger partial charge < -0.3 is 14.4 Å². The number of rotatable bonds is 2. The summed E-state index contributed by atoms with van der Waals surface area (Å²) in [5, 5.41) is 0.745. The lowest BCUT2D eigenvalue weighted by molar-refractivity contribution is 0.0737. The number of amides is 1. The molecule has 1 saturated heterocycles. The SMILES string of the molecule is Cn1cccc1C(=O)N1CCN(c2cccc(Cl)c2)CC1. The van der Waals surface area contributed by atoms with Gasteiger partial charge in [0, 0.05) is 50.1 Å². The van der Waals surface area contributed by atoms with Crippen molar-refractivity contribution in [2.24, 2.45) is 7.05 Å². The van der Waals surface area contributed by atoms with Crippen molar-refractivity contribution in [3.8, 4) is 0 Å². The van der Waals surface area contributed by atoms with Gasteiger partial charge in [-0.05, 0) is 30.3 Å². The fourth-order valence-electron chi connectivity index (χ4n) is 2.69. The highest BCUT2D eigenvalue weighted by Crippen LogP contribution is 2.21. The molecule has 2 aromatic rings. The molecule has 1 aliphatic rings. The van der Waals surface area contributed by atoms with Crippen LogP contribution in [0.1, 0.15) is 10.5 Å². The molecule has 0 saturated carbocycles. The van der Waals surface area contributed by atoms with E-state index in [1.807, 2.05) is 53.0 Å². The summed E-state index contributed by atoms with van der Waals surface area (Å²) in [4.78, 5) is 16.6. The summed E-state index contributed by atoms with van der Waals surface area (Å²) in [6.07, 6.45) is 1.90. The van der Waals surface area contributed by atoms with E-state index in [-0.39, 0.29) is 5.91 Å². The highest BCUT2D eigenvalue weighted by molar-refractivity contribution is 6.30. The molecule has 0 bridgehead atoms. The van der Waals surface area contributed by atoms with Gasteiger partial charge in [-0.2, -0.15) is 0 Å². The van der Waals surface area contributed by atoms with Gasteiger partial charge >= 0.3 is 0 Å².